The Labute approximate surface area is 133 Å². The molecule has 1 aromatic rings. The summed E-state index contributed by atoms with van der Waals surface area (Å²) in [6.45, 7) is 6.99. The van der Waals surface area contributed by atoms with E-state index >= 15 is 0 Å². The zero-order chi connectivity index (χ0) is 15.4. The molecule has 0 N–H and O–H groups in total. The molecule has 0 heterocycles. The Balaban J connectivity index is 2.86. The number of hydrogen-bond acceptors (Lipinski definition) is 0. The highest BCUT2D eigenvalue weighted by Crippen LogP contribution is 2.62. The van der Waals surface area contributed by atoms with Crippen LogP contribution in [0.4, 0.5) is 0 Å². The van der Waals surface area contributed by atoms with Crippen LogP contribution in [-0.4, -0.2) is 18.5 Å². The van der Waals surface area contributed by atoms with Gasteiger partial charge in [-0.15, -0.1) is 0 Å². The Morgan fingerprint density at radius 3 is 1.67 bits per heavy atom. The van der Waals surface area contributed by atoms with E-state index in [4.69, 9.17) is 0 Å². The monoisotopic (exact) mass is 305 g/mol. The van der Waals surface area contributed by atoms with E-state index in [0.29, 0.717) is 0 Å². The Kier molecular flexibility index (Phi) is 9.68. The molecule has 0 nitrogen and oxygen atoms in total. The van der Waals surface area contributed by atoms with Crippen LogP contribution in [0.15, 0.2) is 36.1 Å². The Morgan fingerprint density at radius 1 is 0.762 bits per heavy atom. The van der Waals surface area contributed by atoms with Crippen molar-refractivity contribution in [2.24, 2.45) is 0 Å². The van der Waals surface area contributed by atoms with Gasteiger partial charge in [0.25, 0.3) is 0 Å². The Bertz CT molecular complexity index is 358. The third-order valence-electron chi connectivity index (χ3n) is 4.25. The van der Waals surface area contributed by atoms with Gasteiger partial charge in [-0.1, -0.05) is 70.4 Å². The van der Waals surface area contributed by atoms with Crippen LogP contribution in [0.2, 0.25) is 0 Å². The van der Waals surface area contributed by atoms with Gasteiger partial charge in [0.15, 0.2) is 0 Å². The smallest absolute Gasteiger partial charge is 0.0635 e. The minimum atomic E-state index is -0.892. The molecule has 1 heteroatoms. The van der Waals surface area contributed by atoms with Crippen molar-refractivity contribution in [2.45, 2.75) is 59.3 Å². The van der Waals surface area contributed by atoms with Crippen LogP contribution in [0.25, 0.3) is 6.08 Å². The van der Waals surface area contributed by atoms with Crippen LogP contribution in [-0.2, 0) is 0 Å². The lowest BCUT2D eigenvalue weighted by atomic mass is 10.2. The van der Waals surface area contributed by atoms with Gasteiger partial charge in [0.2, 0.25) is 0 Å². The van der Waals surface area contributed by atoms with Gasteiger partial charge in [-0.2, -0.15) is 0 Å². The lowest BCUT2D eigenvalue weighted by molar-refractivity contribution is 0.840. The molecule has 0 bridgehead atoms. The van der Waals surface area contributed by atoms with Crippen molar-refractivity contribution >= 4 is 13.3 Å². The molecule has 21 heavy (non-hydrogen) atoms. The fraction of sp³-hybridized carbons (Fsp3) is 0.600. The first-order valence-electron chi connectivity index (χ1n) is 8.86. The number of rotatable bonds is 11. The van der Waals surface area contributed by atoms with Crippen molar-refractivity contribution < 1.29 is 0 Å². The summed E-state index contributed by atoms with van der Waals surface area (Å²) in [6, 6.07) is 10.8. The molecule has 0 radical (unpaired) electrons. The molecule has 0 amide bonds. The van der Waals surface area contributed by atoms with Crippen LogP contribution in [0.3, 0.4) is 0 Å². The van der Waals surface area contributed by atoms with E-state index < -0.39 is 7.26 Å². The highest BCUT2D eigenvalue weighted by atomic mass is 31.2. The maximum atomic E-state index is 2.66. The zero-order valence-electron chi connectivity index (χ0n) is 14.4. The van der Waals surface area contributed by atoms with Crippen LogP contribution in [0.5, 0.6) is 0 Å². The summed E-state index contributed by atoms with van der Waals surface area (Å²) in [5.74, 6) is 2.66. The van der Waals surface area contributed by atoms with Gasteiger partial charge in [0.05, 0.1) is 24.3 Å². The van der Waals surface area contributed by atoms with Gasteiger partial charge in [-0.05, 0) is 30.9 Å². The average molecular weight is 305 g/mol. The minimum Gasteiger partial charge on any atom is -0.0652 e. The standard InChI is InChI=1S/C20H34P/c1-4-7-16-21(17-8-5-2,18-9-6-3)19-15-20-13-11-10-12-14-20/h10-15,19H,4-9,16-18H2,1-3H3/q+1/b19-15+. The first-order chi connectivity index (χ1) is 10.3. The Hall–Kier alpha value is -0.610. The minimum absolute atomic E-state index is 0.892. The molecule has 1 aromatic carbocycles. The summed E-state index contributed by atoms with van der Waals surface area (Å²) in [4.78, 5) is 0. The maximum absolute atomic E-state index is 2.66. The molecule has 1 rings (SSSR count). The Morgan fingerprint density at radius 2 is 1.24 bits per heavy atom. The fourth-order valence-electron chi connectivity index (χ4n) is 2.79. The fourth-order valence-corrected chi connectivity index (χ4v) is 7.23. The zero-order valence-corrected chi connectivity index (χ0v) is 15.2. The maximum Gasteiger partial charge on any atom is 0.0635 e. The summed E-state index contributed by atoms with van der Waals surface area (Å²) in [7, 11) is -0.892. The molecule has 0 aromatic heterocycles. The van der Waals surface area contributed by atoms with Crippen molar-refractivity contribution in [3.05, 3.63) is 41.7 Å². The van der Waals surface area contributed by atoms with Crippen LogP contribution in [0.1, 0.15) is 64.9 Å². The normalized spacial score (nSPS) is 12.1. The number of unbranched alkanes of at least 4 members (excludes halogenated alkanes) is 3. The predicted octanol–water partition coefficient (Wildman–Crippen LogP) is 7.08. The summed E-state index contributed by atoms with van der Waals surface area (Å²) < 4.78 is 0. The second-order valence-corrected chi connectivity index (χ2v) is 10.3. The molecule has 0 atom stereocenters. The number of hydrogen-bond donors (Lipinski definition) is 0. The van der Waals surface area contributed by atoms with E-state index in [1.165, 1.54) is 62.6 Å². The molecule has 0 saturated heterocycles. The predicted molar refractivity (Wildman–Crippen MR) is 102 cm³/mol. The third-order valence-corrected chi connectivity index (χ3v) is 8.66. The van der Waals surface area contributed by atoms with Gasteiger partial charge >= 0.3 is 0 Å². The topological polar surface area (TPSA) is 0 Å². The summed E-state index contributed by atoms with van der Waals surface area (Å²) in [6.07, 6.45) is 15.0. The van der Waals surface area contributed by atoms with Crippen molar-refractivity contribution in [2.75, 3.05) is 18.5 Å². The van der Waals surface area contributed by atoms with E-state index in [9.17, 15) is 0 Å². The molecule has 0 unspecified atom stereocenters. The second kappa shape index (κ2) is 11.0. The third kappa shape index (κ3) is 7.28. The van der Waals surface area contributed by atoms with E-state index in [2.05, 4.69) is 63.0 Å². The second-order valence-electron chi connectivity index (χ2n) is 6.18. The van der Waals surface area contributed by atoms with Crippen molar-refractivity contribution in [3.8, 4) is 0 Å². The van der Waals surface area contributed by atoms with Gasteiger partial charge in [0.1, 0.15) is 0 Å². The molecule has 0 aliphatic carbocycles. The largest absolute Gasteiger partial charge is 0.0652 e. The SMILES string of the molecule is CCCC[P+](/C=C/c1ccccc1)(CCCC)CCCC. The molecule has 0 saturated carbocycles. The van der Waals surface area contributed by atoms with Gasteiger partial charge < -0.3 is 0 Å². The lowest BCUT2D eigenvalue weighted by Gasteiger charge is -2.24. The first kappa shape index (κ1) is 18.4. The molecule has 0 spiro atoms. The van der Waals surface area contributed by atoms with E-state index in [0.717, 1.165) is 0 Å². The van der Waals surface area contributed by atoms with Crippen molar-refractivity contribution in [1.82, 2.24) is 0 Å². The molecule has 118 valence electrons. The summed E-state index contributed by atoms with van der Waals surface area (Å²) >= 11 is 0. The van der Waals surface area contributed by atoms with Crippen molar-refractivity contribution in [3.63, 3.8) is 0 Å². The lowest BCUT2D eigenvalue weighted by Crippen LogP contribution is -2.06. The number of benzene rings is 1. The quantitative estimate of drug-likeness (QED) is 0.383. The van der Waals surface area contributed by atoms with E-state index in [-0.39, 0.29) is 0 Å². The van der Waals surface area contributed by atoms with Gasteiger partial charge in [-0.3, -0.25) is 0 Å². The molecular formula is C20H34P+. The van der Waals surface area contributed by atoms with Gasteiger partial charge in [0, 0.05) is 7.26 Å². The summed E-state index contributed by atoms with van der Waals surface area (Å²) in [5, 5.41) is 0. The van der Waals surface area contributed by atoms with Crippen LogP contribution in [0, 0.1) is 0 Å². The highest BCUT2D eigenvalue weighted by Gasteiger charge is 2.32. The summed E-state index contributed by atoms with van der Waals surface area (Å²) in [5.41, 5.74) is 1.37. The van der Waals surface area contributed by atoms with Crippen LogP contribution >= 0.6 is 7.26 Å². The van der Waals surface area contributed by atoms with Crippen molar-refractivity contribution in [1.29, 1.82) is 0 Å². The highest BCUT2D eigenvalue weighted by molar-refractivity contribution is 7.78. The molecule has 0 aliphatic heterocycles. The van der Waals surface area contributed by atoms with E-state index in [1.807, 2.05) is 0 Å². The molecule has 0 fully saturated rings. The molecule has 0 aliphatic rings. The average Bonchev–Trinajstić information content (AvgIpc) is 2.54. The molecular weight excluding hydrogens is 271 g/mol. The first-order valence-corrected chi connectivity index (χ1v) is 11.3. The van der Waals surface area contributed by atoms with Crippen LogP contribution < -0.4 is 0 Å². The van der Waals surface area contributed by atoms with E-state index in [1.54, 1.807) is 0 Å². The van der Waals surface area contributed by atoms with Gasteiger partial charge in [-0.25, -0.2) is 0 Å².